The molecule has 0 amide bonds. The molecule has 0 atom stereocenters. The highest BCUT2D eigenvalue weighted by atomic mass is 32.1. The Kier molecular flexibility index (Phi) is 8.58. The summed E-state index contributed by atoms with van der Waals surface area (Å²) in [5.41, 5.74) is 1.03. The van der Waals surface area contributed by atoms with Crippen molar-refractivity contribution in [2.75, 3.05) is 13.2 Å². The van der Waals surface area contributed by atoms with Gasteiger partial charge in [-0.3, -0.25) is 0 Å². The van der Waals surface area contributed by atoms with Gasteiger partial charge in [-0.2, -0.15) is 0 Å². The van der Waals surface area contributed by atoms with Crippen molar-refractivity contribution in [3.05, 3.63) is 21.9 Å². The minimum Gasteiger partial charge on any atom is -0.395 e. The SMILES string of the molecule is CCCCCCOCc1cc(C#CCCO)cs1. The monoisotopic (exact) mass is 266 g/mol. The first-order valence-corrected chi connectivity index (χ1v) is 7.49. The molecule has 1 rings (SSSR count). The number of rotatable bonds is 8. The molecule has 0 spiro atoms. The van der Waals surface area contributed by atoms with Gasteiger partial charge in [0.15, 0.2) is 0 Å². The van der Waals surface area contributed by atoms with E-state index in [1.807, 2.05) is 5.38 Å². The average molecular weight is 266 g/mol. The van der Waals surface area contributed by atoms with Gasteiger partial charge in [0, 0.05) is 28.8 Å². The maximum Gasteiger partial charge on any atom is 0.0809 e. The van der Waals surface area contributed by atoms with Crippen molar-refractivity contribution in [1.82, 2.24) is 0 Å². The fourth-order valence-electron chi connectivity index (χ4n) is 1.55. The standard InChI is InChI=1S/C15H22O2S/c1-2-3-4-7-10-17-12-15-11-14(13-18-15)8-5-6-9-16/h11,13,16H,2-4,6-7,9-10,12H2,1H3. The van der Waals surface area contributed by atoms with Crippen LogP contribution in [-0.4, -0.2) is 18.3 Å². The molecule has 100 valence electrons. The molecule has 0 aliphatic heterocycles. The van der Waals surface area contributed by atoms with Crippen LogP contribution in [0.5, 0.6) is 0 Å². The summed E-state index contributed by atoms with van der Waals surface area (Å²) < 4.78 is 5.63. The first-order chi connectivity index (χ1) is 8.86. The van der Waals surface area contributed by atoms with E-state index in [0.717, 1.165) is 18.6 Å². The first-order valence-electron chi connectivity index (χ1n) is 6.61. The van der Waals surface area contributed by atoms with E-state index in [4.69, 9.17) is 9.84 Å². The van der Waals surface area contributed by atoms with Gasteiger partial charge >= 0.3 is 0 Å². The van der Waals surface area contributed by atoms with Gasteiger partial charge in [0.1, 0.15) is 0 Å². The Bertz CT molecular complexity index is 373. The molecule has 0 fully saturated rings. The highest BCUT2D eigenvalue weighted by molar-refractivity contribution is 7.10. The number of thiophene rings is 1. The lowest BCUT2D eigenvalue weighted by atomic mass is 10.2. The smallest absolute Gasteiger partial charge is 0.0809 e. The van der Waals surface area contributed by atoms with E-state index in [1.54, 1.807) is 11.3 Å². The third-order valence-electron chi connectivity index (χ3n) is 2.51. The third kappa shape index (κ3) is 6.80. The zero-order chi connectivity index (χ0) is 13.1. The fourth-order valence-corrected chi connectivity index (χ4v) is 2.30. The molecule has 1 N–H and O–H groups in total. The van der Waals surface area contributed by atoms with Crippen molar-refractivity contribution in [1.29, 1.82) is 0 Å². The Hall–Kier alpha value is -0.820. The summed E-state index contributed by atoms with van der Waals surface area (Å²) in [6.45, 7) is 3.89. The van der Waals surface area contributed by atoms with Crippen molar-refractivity contribution in [2.24, 2.45) is 0 Å². The van der Waals surface area contributed by atoms with Crippen LogP contribution in [0.1, 0.15) is 49.5 Å². The van der Waals surface area contributed by atoms with Crippen molar-refractivity contribution in [3.8, 4) is 11.8 Å². The summed E-state index contributed by atoms with van der Waals surface area (Å²) in [5.74, 6) is 5.95. The van der Waals surface area contributed by atoms with Gasteiger partial charge in [-0.05, 0) is 12.5 Å². The molecule has 0 saturated heterocycles. The Labute approximate surface area is 114 Å². The molecule has 1 aromatic rings. The molecule has 0 aromatic carbocycles. The highest BCUT2D eigenvalue weighted by Gasteiger charge is 1.98. The van der Waals surface area contributed by atoms with Gasteiger partial charge in [0.05, 0.1) is 13.2 Å². The molecule has 1 heterocycles. The maximum atomic E-state index is 8.63. The van der Waals surface area contributed by atoms with E-state index >= 15 is 0 Å². The van der Waals surface area contributed by atoms with Crippen LogP contribution in [-0.2, 0) is 11.3 Å². The Morgan fingerprint density at radius 3 is 3.00 bits per heavy atom. The van der Waals surface area contributed by atoms with Crippen LogP contribution in [0.15, 0.2) is 11.4 Å². The lowest BCUT2D eigenvalue weighted by molar-refractivity contribution is 0.119. The van der Waals surface area contributed by atoms with Gasteiger partial charge in [0.25, 0.3) is 0 Å². The average Bonchev–Trinajstić information content (AvgIpc) is 2.82. The summed E-state index contributed by atoms with van der Waals surface area (Å²) in [5, 5.41) is 10.7. The number of aliphatic hydroxyl groups excluding tert-OH is 1. The quantitative estimate of drug-likeness (QED) is 0.575. The summed E-state index contributed by atoms with van der Waals surface area (Å²) in [4.78, 5) is 1.22. The molecule has 0 saturated carbocycles. The molecule has 0 aliphatic carbocycles. The minimum absolute atomic E-state index is 0.130. The summed E-state index contributed by atoms with van der Waals surface area (Å²) in [7, 11) is 0. The van der Waals surface area contributed by atoms with Crippen LogP contribution >= 0.6 is 11.3 Å². The molecular formula is C15H22O2S. The maximum absolute atomic E-state index is 8.63. The summed E-state index contributed by atoms with van der Waals surface area (Å²) in [6, 6.07) is 2.07. The van der Waals surface area contributed by atoms with Gasteiger partial charge in [-0.15, -0.1) is 11.3 Å². The van der Waals surface area contributed by atoms with Crippen molar-refractivity contribution in [2.45, 2.75) is 45.6 Å². The van der Waals surface area contributed by atoms with Gasteiger partial charge in [0.2, 0.25) is 0 Å². The largest absolute Gasteiger partial charge is 0.395 e. The molecule has 2 nitrogen and oxygen atoms in total. The summed E-state index contributed by atoms with van der Waals surface area (Å²) >= 11 is 1.69. The van der Waals surface area contributed by atoms with Crippen molar-refractivity contribution in [3.63, 3.8) is 0 Å². The number of hydrogen-bond donors (Lipinski definition) is 1. The van der Waals surface area contributed by atoms with Crippen LogP contribution in [0.3, 0.4) is 0 Å². The zero-order valence-electron chi connectivity index (χ0n) is 11.1. The van der Waals surface area contributed by atoms with Crippen LogP contribution in [0.4, 0.5) is 0 Å². The Morgan fingerprint density at radius 1 is 1.33 bits per heavy atom. The molecule has 0 bridgehead atoms. The highest BCUT2D eigenvalue weighted by Crippen LogP contribution is 2.15. The number of unbranched alkanes of at least 4 members (excludes halogenated alkanes) is 3. The molecule has 0 aliphatic rings. The zero-order valence-corrected chi connectivity index (χ0v) is 11.9. The first kappa shape index (κ1) is 15.2. The fraction of sp³-hybridized carbons (Fsp3) is 0.600. The normalized spacial score (nSPS) is 10.1. The number of ether oxygens (including phenoxy) is 1. The topological polar surface area (TPSA) is 29.5 Å². The van der Waals surface area contributed by atoms with Crippen molar-refractivity contribution < 1.29 is 9.84 Å². The van der Waals surface area contributed by atoms with E-state index in [9.17, 15) is 0 Å². The molecule has 0 unspecified atom stereocenters. The molecule has 3 heteroatoms. The Morgan fingerprint density at radius 2 is 2.22 bits per heavy atom. The second-order valence-electron chi connectivity index (χ2n) is 4.19. The second kappa shape index (κ2) is 10.1. The van der Waals surface area contributed by atoms with E-state index in [2.05, 4.69) is 24.8 Å². The van der Waals surface area contributed by atoms with Crippen LogP contribution < -0.4 is 0 Å². The number of hydrogen-bond acceptors (Lipinski definition) is 3. The van der Waals surface area contributed by atoms with Crippen molar-refractivity contribution >= 4 is 11.3 Å². The predicted octanol–water partition coefficient (Wildman–Crippen LogP) is 3.58. The van der Waals surface area contributed by atoms with E-state index < -0.39 is 0 Å². The molecule has 18 heavy (non-hydrogen) atoms. The molecule has 1 aromatic heterocycles. The van der Waals surface area contributed by atoms with E-state index in [0.29, 0.717) is 13.0 Å². The third-order valence-corrected chi connectivity index (χ3v) is 3.42. The molecular weight excluding hydrogens is 244 g/mol. The predicted molar refractivity (Wildman–Crippen MR) is 76.7 cm³/mol. The van der Waals surface area contributed by atoms with Crippen LogP contribution in [0.25, 0.3) is 0 Å². The summed E-state index contributed by atoms with van der Waals surface area (Å²) in [6.07, 6.45) is 5.52. The van der Waals surface area contributed by atoms with Gasteiger partial charge in [-0.25, -0.2) is 0 Å². The minimum atomic E-state index is 0.130. The number of aliphatic hydroxyl groups is 1. The second-order valence-corrected chi connectivity index (χ2v) is 5.19. The van der Waals surface area contributed by atoms with Crippen LogP contribution in [0.2, 0.25) is 0 Å². The molecule has 0 radical (unpaired) electrons. The van der Waals surface area contributed by atoms with E-state index in [-0.39, 0.29) is 6.61 Å². The van der Waals surface area contributed by atoms with Gasteiger partial charge < -0.3 is 9.84 Å². The lowest BCUT2D eigenvalue weighted by Gasteiger charge is -2.01. The lowest BCUT2D eigenvalue weighted by Crippen LogP contribution is -1.93. The van der Waals surface area contributed by atoms with Gasteiger partial charge in [-0.1, -0.05) is 38.0 Å². The Balaban J connectivity index is 2.17. The van der Waals surface area contributed by atoms with Crippen LogP contribution in [0, 0.1) is 11.8 Å². The van der Waals surface area contributed by atoms with E-state index in [1.165, 1.54) is 24.1 Å².